The van der Waals surface area contributed by atoms with Crippen molar-refractivity contribution in [2.24, 2.45) is 5.92 Å². The number of hydrogen-bond donors (Lipinski definition) is 1. The highest BCUT2D eigenvalue weighted by molar-refractivity contribution is 9.10. The van der Waals surface area contributed by atoms with Gasteiger partial charge >= 0.3 is 0 Å². The lowest BCUT2D eigenvalue weighted by Crippen LogP contribution is -2.41. The number of nitrogens with one attached hydrogen (secondary N) is 1. The van der Waals surface area contributed by atoms with Gasteiger partial charge in [0.2, 0.25) is 5.91 Å². The zero-order chi connectivity index (χ0) is 17.8. The van der Waals surface area contributed by atoms with Crippen LogP contribution in [0, 0.1) is 12.8 Å². The van der Waals surface area contributed by atoms with Gasteiger partial charge in [-0.3, -0.25) is 9.59 Å². The molecular formula is C20H21BrN2O2. The van der Waals surface area contributed by atoms with Crippen LogP contribution in [0.15, 0.2) is 53.0 Å². The minimum Gasteiger partial charge on any atom is -0.339 e. The van der Waals surface area contributed by atoms with Gasteiger partial charge in [0.05, 0.1) is 0 Å². The van der Waals surface area contributed by atoms with Crippen molar-refractivity contribution in [3.63, 3.8) is 0 Å². The summed E-state index contributed by atoms with van der Waals surface area (Å²) in [5.74, 6) is 0.0420. The van der Waals surface area contributed by atoms with Crippen LogP contribution in [0.3, 0.4) is 0 Å². The summed E-state index contributed by atoms with van der Waals surface area (Å²) in [6.07, 6.45) is 1.39. The summed E-state index contributed by atoms with van der Waals surface area (Å²) in [6.45, 7) is 3.17. The summed E-state index contributed by atoms with van der Waals surface area (Å²) < 4.78 is 0.970. The lowest BCUT2D eigenvalue weighted by molar-refractivity contribution is -0.121. The fraction of sp³-hybridized carbons (Fsp3) is 0.300. The van der Waals surface area contributed by atoms with Crippen LogP contribution in [-0.2, 0) is 4.79 Å². The highest BCUT2D eigenvalue weighted by atomic mass is 79.9. The van der Waals surface area contributed by atoms with Gasteiger partial charge in [-0.1, -0.05) is 34.1 Å². The maximum atomic E-state index is 12.7. The van der Waals surface area contributed by atoms with Crippen molar-refractivity contribution in [1.82, 2.24) is 4.90 Å². The van der Waals surface area contributed by atoms with E-state index in [1.165, 1.54) is 0 Å². The fourth-order valence-electron chi connectivity index (χ4n) is 3.15. The predicted octanol–water partition coefficient (Wildman–Crippen LogP) is 4.25. The Labute approximate surface area is 156 Å². The molecule has 130 valence electrons. The third kappa shape index (κ3) is 4.28. The number of amides is 2. The molecule has 1 aliphatic heterocycles. The van der Waals surface area contributed by atoms with Crippen molar-refractivity contribution in [2.45, 2.75) is 19.8 Å². The summed E-state index contributed by atoms with van der Waals surface area (Å²) in [4.78, 5) is 26.9. The maximum Gasteiger partial charge on any atom is 0.254 e. The average Bonchev–Trinajstić information content (AvgIpc) is 2.62. The topological polar surface area (TPSA) is 49.4 Å². The summed E-state index contributed by atoms with van der Waals surface area (Å²) >= 11 is 3.42. The molecule has 0 radical (unpaired) electrons. The molecule has 0 aliphatic carbocycles. The third-order valence-corrected chi connectivity index (χ3v) is 5.11. The lowest BCUT2D eigenvalue weighted by atomic mass is 9.95. The fourth-order valence-corrected chi connectivity index (χ4v) is 3.62. The van der Waals surface area contributed by atoms with Gasteiger partial charge in [-0.25, -0.2) is 0 Å². The van der Waals surface area contributed by atoms with Crippen molar-refractivity contribution >= 4 is 33.4 Å². The Balaban J connectivity index is 1.58. The second-order valence-corrected chi connectivity index (χ2v) is 7.30. The van der Waals surface area contributed by atoms with Gasteiger partial charge in [0, 0.05) is 34.7 Å². The highest BCUT2D eigenvalue weighted by Gasteiger charge is 2.28. The number of rotatable bonds is 3. The zero-order valence-corrected chi connectivity index (χ0v) is 15.8. The number of nitrogens with zero attached hydrogens (tertiary/aromatic N) is 1. The number of para-hydroxylation sites is 1. The summed E-state index contributed by atoms with van der Waals surface area (Å²) in [5, 5.41) is 2.96. The molecule has 3 rings (SSSR count). The van der Waals surface area contributed by atoms with Crippen LogP contribution in [0.1, 0.15) is 28.8 Å². The molecule has 0 spiro atoms. The summed E-state index contributed by atoms with van der Waals surface area (Å²) in [5.41, 5.74) is 2.51. The van der Waals surface area contributed by atoms with Gasteiger partial charge in [-0.05, 0) is 55.7 Å². The van der Waals surface area contributed by atoms with Gasteiger partial charge < -0.3 is 10.2 Å². The van der Waals surface area contributed by atoms with Crippen LogP contribution < -0.4 is 5.32 Å². The number of hydrogen-bond acceptors (Lipinski definition) is 2. The number of carbonyl (C=O) groups excluding carboxylic acids is 2. The number of carbonyl (C=O) groups is 2. The molecular weight excluding hydrogens is 380 g/mol. The second-order valence-electron chi connectivity index (χ2n) is 6.38. The Morgan fingerprint density at radius 2 is 1.76 bits per heavy atom. The number of benzene rings is 2. The maximum absolute atomic E-state index is 12.7. The number of piperidine rings is 1. The molecule has 2 amide bonds. The molecule has 25 heavy (non-hydrogen) atoms. The molecule has 1 fully saturated rings. The van der Waals surface area contributed by atoms with Crippen molar-refractivity contribution < 1.29 is 9.59 Å². The molecule has 1 N–H and O–H groups in total. The number of likely N-dealkylation sites (tertiary alicyclic amines) is 1. The lowest BCUT2D eigenvalue weighted by Gasteiger charge is -2.31. The standard InChI is InChI=1S/C20H21BrN2O2/c1-14-13-16(21)7-8-18(14)20(25)23-11-9-15(10-12-23)19(24)22-17-5-3-2-4-6-17/h2-8,13,15H,9-12H2,1H3,(H,22,24). The van der Waals surface area contributed by atoms with E-state index < -0.39 is 0 Å². The van der Waals surface area contributed by atoms with E-state index in [4.69, 9.17) is 0 Å². The first-order valence-electron chi connectivity index (χ1n) is 8.46. The van der Waals surface area contributed by atoms with Crippen molar-refractivity contribution in [3.05, 3.63) is 64.1 Å². The molecule has 0 atom stereocenters. The van der Waals surface area contributed by atoms with E-state index in [1.54, 1.807) is 0 Å². The van der Waals surface area contributed by atoms with E-state index in [-0.39, 0.29) is 17.7 Å². The van der Waals surface area contributed by atoms with Gasteiger partial charge in [-0.15, -0.1) is 0 Å². The van der Waals surface area contributed by atoms with E-state index in [9.17, 15) is 9.59 Å². The molecule has 0 saturated carbocycles. The van der Waals surface area contributed by atoms with E-state index in [2.05, 4.69) is 21.2 Å². The van der Waals surface area contributed by atoms with Gasteiger partial charge in [0.15, 0.2) is 0 Å². The molecule has 5 heteroatoms. The SMILES string of the molecule is Cc1cc(Br)ccc1C(=O)N1CCC(C(=O)Nc2ccccc2)CC1. The molecule has 1 aliphatic rings. The Morgan fingerprint density at radius 3 is 2.40 bits per heavy atom. The van der Waals surface area contributed by atoms with Crippen molar-refractivity contribution in [2.75, 3.05) is 18.4 Å². The largest absolute Gasteiger partial charge is 0.339 e. The predicted molar refractivity (Wildman–Crippen MR) is 103 cm³/mol. The highest BCUT2D eigenvalue weighted by Crippen LogP contribution is 2.23. The molecule has 2 aromatic rings. The zero-order valence-electron chi connectivity index (χ0n) is 14.2. The third-order valence-electron chi connectivity index (χ3n) is 4.61. The first-order valence-corrected chi connectivity index (χ1v) is 9.25. The van der Waals surface area contributed by atoms with Gasteiger partial charge in [-0.2, -0.15) is 0 Å². The van der Waals surface area contributed by atoms with Gasteiger partial charge in [0.1, 0.15) is 0 Å². The molecule has 0 aromatic heterocycles. The molecule has 1 heterocycles. The minimum atomic E-state index is -0.0460. The monoisotopic (exact) mass is 400 g/mol. The van der Waals surface area contributed by atoms with E-state index in [0.717, 1.165) is 21.3 Å². The van der Waals surface area contributed by atoms with Crippen molar-refractivity contribution in [1.29, 1.82) is 0 Å². The minimum absolute atomic E-state index is 0.0399. The molecule has 1 saturated heterocycles. The number of aryl methyl sites for hydroxylation is 1. The Bertz CT molecular complexity index is 769. The van der Waals surface area contributed by atoms with E-state index in [1.807, 2.05) is 60.4 Å². The van der Waals surface area contributed by atoms with Gasteiger partial charge in [0.25, 0.3) is 5.91 Å². The smallest absolute Gasteiger partial charge is 0.254 e. The molecule has 0 bridgehead atoms. The average molecular weight is 401 g/mol. The Kier molecular flexibility index (Phi) is 5.53. The van der Waals surface area contributed by atoms with Crippen LogP contribution in [0.2, 0.25) is 0 Å². The van der Waals surface area contributed by atoms with E-state index in [0.29, 0.717) is 25.9 Å². The van der Waals surface area contributed by atoms with Crippen LogP contribution in [0.4, 0.5) is 5.69 Å². The normalized spacial score (nSPS) is 15.0. The van der Waals surface area contributed by atoms with Crippen LogP contribution in [-0.4, -0.2) is 29.8 Å². The Hall–Kier alpha value is -2.14. The van der Waals surface area contributed by atoms with Crippen LogP contribution in [0.5, 0.6) is 0 Å². The van der Waals surface area contributed by atoms with E-state index >= 15 is 0 Å². The van der Waals surface area contributed by atoms with Crippen molar-refractivity contribution in [3.8, 4) is 0 Å². The molecule has 2 aromatic carbocycles. The first-order chi connectivity index (χ1) is 12.0. The summed E-state index contributed by atoms with van der Waals surface area (Å²) in [6, 6.07) is 15.2. The number of anilines is 1. The van der Waals surface area contributed by atoms with Crippen LogP contribution >= 0.6 is 15.9 Å². The molecule has 4 nitrogen and oxygen atoms in total. The Morgan fingerprint density at radius 1 is 1.08 bits per heavy atom. The second kappa shape index (κ2) is 7.83. The molecule has 0 unspecified atom stereocenters. The first kappa shape index (κ1) is 17.7. The number of halogens is 1. The summed E-state index contributed by atoms with van der Waals surface area (Å²) in [7, 11) is 0. The quantitative estimate of drug-likeness (QED) is 0.836. The van der Waals surface area contributed by atoms with Crippen LogP contribution in [0.25, 0.3) is 0 Å².